The van der Waals surface area contributed by atoms with Crippen LogP contribution >= 0.6 is 0 Å². The third-order valence-electron chi connectivity index (χ3n) is 4.26. The Kier molecular flexibility index (Phi) is 6.30. The summed E-state index contributed by atoms with van der Waals surface area (Å²) in [5.74, 6) is 0.234. The van der Waals surface area contributed by atoms with Crippen LogP contribution in [0.1, 0.15) is 38.3 Å². The fourth-order valence-electron chi connectivity index (χ4n) is 3.37. The first-order valence-corrected chi connectivity index (χ1v) is 8.21. The summed E-state index contributed by atoms with van der Waals surface area (Å²) < 4.78 is 41.5. The molecule has 0 spiro atoms. The lowest BCUT2D eigenvalue weighted by molar-refractivity contribution is -0.274. The van der Waals surface area contributed by atoms with Crippen molar-refractivity contribution in [1.82, 2.24) is 10.2 Å². The van der Waals surface area contributed by atoms with E-state index < -0.39 is 6.36 Å². The van der Waals surface area contributed by atoms with Crippen molar-refractivity contribution in [2.45, 2.75) is 39.1 Å². The van der Waals surface area contributed by atoms with Gasteiger partial charge in [-0.15, -0.1) is 13.2 Å². The maximum atomic E-state index is 12.5. The van der Waals surface area contributed by atoms with Gasteiger partial charge >= 0.3 is 6.36 Å². The third-order valence-corrected chi connectivity index (χ3v) is 4.26. The molecule has 1 aromatic rings. The average Bonchev–Trinajstić information content (AvgIpc) is 2.47. The van der Waals surface area contributed by atoms with Gasteiger partial charge in [0.1, 0.15) is 5.75 Å². The standard InChI is InChI=1S/C17H25F3N2O/c1-3-5-13(2)16(22-10-8-21-9-11-22)14-6-4-7-15(12-14)23-17(18,19)20/h4,6-7,12-13,16,21H,3,5,8-11H2,1-2H3/t13?,16-/m0/s1. The molecule has 0 radical (unpaired) electrons. The highest BCUT2D eigenvalue weighted by Gasteiger charge is 2.32. The highest BCUT2D eigenvalue weighted by molar-refractivity contribution is 5.31. The van der Waals surface area contributed by atoms with Crippen molar-refractivity contribution in [2.75, 3.05) is 26.2 Å². The lowest BCUT2D eigenvalue weighted by atomic mass is 9.89. The molecule has 1 aliphatic rings. The minimum absolute atomic E-state index is 0.119. The van der Waals surface area contributed by atoms with Crippen LogP contribution in [0.25, 0.3) is 0 Å². The van der Waals surface area contributed by atoms with Crippen molar-refractivity contribution in [2.24, 2.45) is 5.92 Å². The first kappa shape index (κ1) is 18.1. The Labute approximate surface area is 135 Å². The fourth-order valence-corrected chi connectivity index (χ4v) is 3.37. The molecular formula is C17H25F3N2O. The van der Waals surface area contributed by atoms with Crippen LogP contribution in [0.5, 0.6) is 5.75 Å². The second-order valence-corrected chi connectivity index (χ2v) is 6.12. The van der Waals surface area contributed by atoms with Crippen LogP contribution in [0.4, 0.5) is 13.2 Å². The second kappa shape index (κ2) is 8.02. The van der Waals surface area contributed by atoms with Gasteiger partial charge in [-0.2, -0.15) is 0 Å². The van der Waals surface area contributed by atoms with Crippen LogP contribution in [0.2, 0.25) is 0 Å². The van der Waals surface area contributed by atoms with Gasteiger partial charge in [0.25, 0.3) is 0 Å². The second-order valence-electron chi connectivity index (χ2n) is 6.12. The number of ether oxygens (including phenoxy) is 1. The molecule has 1 heterocycles. The topological polar surface area (TPSA) is 24.5 Å². The molecule has 2 atom stereocenters. The van der Waals surface area contributed by atoms with Crippen LogP contribution in [-0.2, 0) is 0 Å². The fraction of sp³-hybridized carbons (Fsp3) is 0.647. The highest BCUT2D eigenvalue weighted by Crippen LogP contribution is 2.34. The Bertz CT molecular complexity index is 487. The van der Waals surface area contributed by atoms with Gasteiger partial charge in [0.05, 0.1) is 0 Å². The van der Waals surface area contributed by atoms with Crippen LogP contribution < -0.4 is 10.1 Å². The van der Waals surface area contributed by atoms with Crippen LogP contribution in [0.3, 0.4) is 0 Å². The molecule has 0 bridgehead atoms. The van der Waals surface area contributed by atoms with E-state index in [9.17, 15) is 13.2 Å². The van der Waals surface area contributed by atoms with E-state index in [1.165, 1.54) is 12.1 Å². The number of hydrogen-bond donors (Lipinski definition) is 1. The first-order valence-electron chi connectivity index (χ1n) is 8.21. The van der Waals surface area contributed by atoms with Gasteiger partial charge in [-0.1, -0.05) is 32.4 Å². The van der Waals surface area contributed by atoms with E-state index in [0.29, 0.717) is 5.92 Å². The van der Waals surface area contributed by atoms with E-state index in [1.54, 1.807) is 6.07 Å². The van der Waals surface area contributed by atoms with Crippen LogP contribution in [0, 0.1) is 5.92 Å². The summed E-state index contributed by atoms with van der Waals surface area (Å²) in [6.45, 7) is 7.94. The summed E-state index contributed by atoms with van der Waals surface area (Å²) in [6.07, 6.45) is -2.56. The van der Waals surface area contributed by atoms with Crippen molar-refractivity contribution in [3.8, 4) is 5.75 Å². The molecular weight excluding hydrogens is 305 g/mol. The summed E-state index contributed by atoms with van der Waals surface area (Å²) in [6, 6.07) is 6.56. The van der Waals surface area contributed by atoms with E-state index in [0.717, 1.165) is 44.6 Å². The number of nitrogens with zero attached hydrogens (tertiary/aromatic N) is 1. The van der Waals surface area contributed by atoms with E-state index >= 15 is 0 Å². The molecule has 0 amide bonds. The summed E-state index contributed by atoms with van der Waals surface area (Å²) in [7, 11) is 0. The van der Waals surface area contributed by atoms with Gasteiger partial charge < -0.3 is 10.1 Å². The molecule has 1 aliphatic heterocycles. The van der Waals surface area contributed by atoms with Crippen molar-refractivity contribution in [3.05, 3.63) is 29.8 Å². The number of benzene rings is 1. The maximum Gasteiger partial charge on any atom is 0.573 e. The van der Waals surface area contributed by atoms with Gasteiger partial charge in [-0.3, -0.25) is 4.90 Å². The molecule has 1 unspecified atom stereocenters. The largest absolute Gasteiger partial charge is 0.573 e. The summed E-state index contributed by atoms with van der Waals surface area (Å²) >= 11 is 0. The Balaban J connectivity index is 2.25. The molecule has 0 saturated carbocycles. The molecule has 130 valence electrons. The summed E-state index contributed by atoms with van der Waals surface area (Å²) in [5, 5.41) is 3.32. The molecule has 0 aromatic heterocycles. The molecule has 1 saturated heterocycles. The molecule has 23 heavy (non-hydrogen) atoms. The number of piperazine rings is 1. The van der Waals surface area contributed by atoms with Gasteiger partial charge in [0.15, 0.2) is 0 Å². The SMILES string of the molecule is CCCC(C)[C@@H](c1cccc(OC(F)(F)F)c1)N1CCNCC1. The summed E-state index contributed by atoms with van der Waals surface area (Å²) in [5.41, 5.74) is 0.898. The lowest BCUT2D eigenvalue weighted by Gasteiger charge is -2.38. The molecule has 1 N–H and O–H groups in total. The maximum absolute atomic E-state index is 12.5. The molecule has 1 fully saturated rings. The van der Waals surface area contributed by atoms with Crippen LogP contribution in [0.15, 0.2) is 24.3 Å². The monoisotopic (exact) mass is 330 g/mol. The number of hydrogen-bond acceptors (Lipinski definition) is 3. The van der Waals surface area contributed by atoms with E-state index in [1.807, 2.05) is 6.07 Å². The van der Waals surface area contributed by atoms with Gasteiger partial charge in [0.2, 0.25) is 0 Å². The highest BCUT2D eigenvalue weighted by atomic mass is 19.4. The van der Waals surface area contributed by atoms with E-state index in [-0.39, 0.29) is 11.8 Å². The normalized spacial score (nSPS) is 19.3. The zero-order valence-electron chi connectivity index (χ0n) is 13.7. The van der Waals surface area contributed by atoms with E-state index in [4.69, 9.17) is 0 Å². The lowest BCUT2D eigenvalue weighted by Crippen LogP contribution is -2.46. The number of halogens is 3. The summed E-state index contributed by atoms with van der Waals surface area (Å²) in [4.78, 5) is 2.36. The van der Waals surface area contributed by atoms with Crippen molar-refractivity contribution >= 4 is 0 Å². The average molecular weight is 330 g/mol. The molecule has 6 heteroatoms. The Morgan fingerprint density at radius 3 is 2.57 bits per heavy atom. The minimum Gasteiger partial charge on any atom is -0.406 e. The Hall–Kier alpha value is -1.27. The van der Waals surface area contributed by atoms with Gasteiger partial charge in [-0.25, -0.2) is 0 Å². The molecule has 0 aliphatic carbocycles. The number of alkyl halides is 3. The van der Waals surface area contributed by atoms with Crippen LogP contribution in [-0.4, -0.2) is 37.4 Å². The Morgan fingerprint density at radius 2 is 1.96 bits per heavy atom. The quantitative estimate of drug-likeness (QED) is 0.854. The predicted molar refractivity (Wildman–Crippen MR) is 84.4 cm³/mol. The predicted octanol–water partition coefficient (Wildman–Crippen LogP) is 3.97. The minimum atomic E-state index is -4.65. The number of rotatable bonds is 6. The van der Waals surface area contributed by atoms with Gasteiger partial charge in [-0.05, 0) is 30.0 Å². The first-order chi connectivity index (χ1) is 10.9. The van der Waals surface area contributed by atoms with Crippen molar-refractivity contribution < 1.29 is 17.9 Å². The van der Waals surface area contributed by atoms with Crippen molar-refractivity contribution in [3.63, 3.8) is 0 Å². The molecule has 3 nitrogen and oxygen atoms in total. The zero-order chi connectivity index (χ0) is 16.9. The zero-order valence-corrected chi connectivity index (χ0v) is 13.7. The molecule has 1 aromatic carbocycles. The van der Waals surface area contributed by atoms with E-state index in [2.05, 4.69) is 28.8 Å². The smallest absolute Gasteiger partial charge is 0.406 e. The van der Waals surface area contributed by atoms with Gasteiger partial charge in [0, 0.05) is 32.2 Å². The third kappa shape index (κ3) is 5.39. The molecule has 2 rings (SSSR count). The van der Waals surface area contributed by atoms with Crippen molar-refractivity contribution in [1.29, 1.82) is 0 Å². The Morgan fingerprint density at radius 1 is 1.26 bits per heavy atom. The number of nitrogens with one attached hydrogen (secondary N) is 1.